The summed E-state index contributed by atoms with van der Waals surface area (Å²) in [6, 6.07) is 8.33. The zero-order chi connectivity index (χ0) is 16.9. The molecule has 0 aliphatic rings. The van der Waals surface area contributed by atoms with Crippen molar-refractivity contribution < 1.29 is 13.3 Å². The van der Waals surface area contributed by atoms with Crippen molar-refractivity contribution in [2.45, 2.75) is 53.0 Å². The Bertz CT molecular complexity index is 488. The van der Waals surface area contributed by atoms with Crippen molar-refractivity contribution in [1.82, 2.24) is 0 Å². The number of hydrogen-bond donors (Lipinski definition) is 0. The highest BCUT2D eigenvalue weighted by atomic mass is 28.4. The van der Waals surface area contributed by atoms with Gasteiger partial charge in [0.15, 0.2) is 0 Å². The summed E-state index contributed by atoms with van der Waals surface area (Å²) in [7, 11) is -2.17. The van der Waals surface area contributed by atoms with E-state index in [0.717, 1.165) is 5.19 Å². The normalized spacial score (nSPS) is 12.5. The van der Waals surface area contributed by atoms with Crippen molar-refractivity contribution in [3.63, 3.8) is 0 Å². The molecular formula is C17H30O3Si2. The molecule has 0 spiro atoms. The Balaban J connectivity index is 3.29. The molecule has 124 valence electrons. The summed E-state index contributed by atoms with van der Waals surface area (Å²) in [6.45, 7) is 16.8. The second-order valence-electron chi connectivity index (χ2n) is 6.35. The minimum absolute atomic E-state index is 0.0386. The molecule has 1 aromatic carbocycles. The SMILES string of the molecule is C=C(c1cccc([Si](OC)(OC(C)C)OC(C)C)c1)[SiH](C)C. The Morgan fingerprint density at radius 1 is 1.09 bits per heavy atom. The van der Waals surface area contributed by atoms with Gasteiger partial charge in [-0.1, -0.05) is 43.1 Å². The van der Waals surface area contributed by atoms with Crippen LogP contribution in [0.25, 0.3) is 5.20 Å². The first-order valence-corrected chi connectivity index (χ1v) is 12.5. The lowest BCUT2D eigenvalue weighted by Gasteiger charge is -2.32. The maximum atomic E-state index is 6.16. The van der Waals surface area contributed by atoms with Gasteiger partial charge in [0, 0.05) is 24.5 Å². The van der Waals surface area contributed by atoms with E-state index in [1.807, 2.05) is 39.8 Å². The van der Waals surface area contributed by atoms with Crippen LogP contribution >= 0.6 is 0 Å². The molecule has 1 aromatic rings. The zero-order valence-corrected chi connectivity index (χ0v) is 17.1. The van der Waals surface area contributed by atoms with E-state index in [0.29, 0.717) is 0 Å². The van der Waals surface area contributed by atoms with Crippen LogP contribution in [-0.4, -0.2) is 36.9 Å². The Kier molecular flexibility index (Phi) is 7.22. The average Bonchev–Trinajstić information content (AvgIpc) is 2.44. The molecule has 0 bridgehead atoms. The van der Waals surface area contributed by atoms with E-state index in [2.05, 4.69) is 31.8 Å². The van der Waals surface area contributed by atoms with Crippen LogP contribution < -0.4 is 5.19 Å². The zero-order valence-electron chi connectivity index (χ0n) is 15.0. The molecule has 0 radical (unpaired) electrons. The van der Waals surface area contributed by atoms with Crippen LogP contribution in [0, 0.1) is 0 Å². The molecule has 3 nitrogen and oxygen atoms in total. The highest BCUT2D eigenvalue weighted by molar-refractivity contribution is 6.77. The van der Waals surface area contributed by atoms with Crippen LogP contribution in [0.15, 0.2) is 30.8 Å². The van der Waals surface area contributed by atoms with Gasteiger partial charge in [0.25, 0.3) is 0 Å². The molecule has 0 unspecified atom stereocenters. The standard InChI is InChI=1S/C17H30O3Si2/c1-13(2)19-22(18-6,20-14(3)4)17-11-9-10-16(12-17)15(5)21(7)8/h9-14,21H,5H2,1-4,6-8H3. The first-order chi connectivity index (χ1) is 10.2. The number of benzene rings is 1. The smallest absolute Gasteiger partial charge is 0.373 e. The van der Waals surface area contributed by atoms with Crippen molar-refractivity contribution in [2.24, 2.45) is 0 Å². The fourth-order valence-electron chi connectivity index (χ4n) is 2.24. The highest BCUT2D eigenvalue weighted by Crippen LogP contribution is 2.19. The fourth-order valence-corrected chi connectivity index (χ4v) is 5.72. The van der Waals surface area contributed by atoms with Gasteiger partial charge in [-0.3, -0.25) is 0 Å². The van der Waals surface area contributed by atoms with Gasteiger partial charge in [0.1, 0.15) is 0 Å². The van der Waals surface area contributed by atoms with Gasteiger partial charge in [-0.05, 0) is 39.3 Å². The maximum Gasteiger partial charge on any atom is 0.537 e. The first kappa shape index (κ1) is 19.3. The first-order valence-electron chi connectivity index (χ1n) is 7.92. The Labute approximate surface area is 138 Å². The molecule has 0 aliphatic carbocycles. The van der Waals surface area contributed by atoms with E-state index in [1.165, 1.54) is 10.8 Å². The predicted octanol–water partition coefficient (Wildman–Crippen LogP) is 3.37. The molecule has 0 aromatic heterocycles. The van der Waals surface area contributed by atoms with E-state index in [1.54, 1.807) is 7.11 Å². The number of hydrogen-bond acceptors (Lipinski definition) is 3. The second kappa shape index (κ2) is 8.22. The Morgan fingerprint density at radius 3 is 2.05 bits per heavy atom. The molecule has 0 saturated carbocycles. The highest BCUT2D eigenvalue weighted by Gasteiger charge is 2.45. The molecule has 5 heteroatoms. The van der Waals surface area contributed by atoms with E-state index in [4.69, 9.17) is 13.3 Å². The molecule has 0 aliphatic heterocycles. The summed E-state index contributed by atoms with van der Waals surface area (Å²) in [4.78, 5) is 0. The summed E-state index contributed by atoms with van der Waals surface area (Å²) in [5, 5.41) is 2.25. The van der Waals surface area contributed by atoms with E-state index < -0.39 is 17.6 Å². The summed E-state index contributed by atoms with van der Waals surface area (Å²) in [5.74, 6) is 0. The molecule has 0 fully saturated rings. The van der Waals surface area contributed by atoms with Crippen molar-refractivity contribution in [3.8, 4) is 0 Å². The third-order valence-corrected chi connectivity index (χ3v) is 8.18. The average molecular weight is 339 g/mol. The van der Waals surface area contributed by atoms with E-state index >= 15 is 0 Å². The van der Waals surface area contributed by atoms with Crippen LogP contribution in [0.1, 0.15) is 33.3 Å². The lowest BCUT2D eigenvalue weighted by atomic mass is 10.2. The van der Waals surface area contributed by atoms with Gasteiger partial charge < -0.3 is 13.3 Å². The van der Waals surface area contributed by atoms with E-state index in [9.17, 15) is 0 Å². The largest absolute Gasteiger partial charge is 0.537 e. The van der Waals surface area contributed by atoms with Crippen LogP contribution in [0.3, 0.4) is 0 Å². The molecular weight excluding hydrogens is 308 g/mol. The van der Waals surface area contributed by atoms with Gasteiger partial charge in [0.05, 0.1) is 8.80 Å². The monoisotopic (exact) mass is 338 g/mol. The molecule has 0 heterocycles. The summed E-state index contributed by atoms with van der Waals surface area (Å²) in [5.41, 5.74) is 1.17. The van der Waals surface area contributed by atoms with Crippen molar-refractivity contribution in [1.29, 1.82) is 0 Å². The minimum Gasteiger partial charge on any atom is -0.373 e. The molecule has 0 saturated heterocycles. The van der Waals surface area contributed by atoms with Gasteiger partial charge in [0.2, 0.25) is 0 Å². The minimum atomic E-state index is -2.91. The molecule has 22 heavy (non-hydrogen) atoms. The third-order valence-electron chi connectivity index (χ3n) is 3.33. The fraction of sp³-hybridized carbons (Fsp3) is 0.529. The Hall–Kier alpha value is -0.726. The van der Waals surface area contributed by atoms with Crippen LogP contribution in [0.4, 0.5) is 0 Å². The molecule has 1 rings (SSSR count). The molecule has 0 atom stereocenters. The quantitative estimate of drug-likeness (QED) is 0.680. The Morgan fingerprint density at radius 2 is 1.64 bits per heavy atom. The second-order valence-corrected chi connectivity index (χ2v) is 11.9. The van der Waals surface area contributed by atoms with Crippen molar-refractivity contribution in [3.05, 3.63) is 36.4 Å². The van der Waals surface area contributed by atoms with Crippen LogP contribution in [0.5, 0.6) is 0 Å². The maximum absolute atomic E-state index is 6.16. The van der Waals surface area contributed by atoms with Gasteiger partial charge in [-0.2, -0.15) is 0 Å². The van der Waals surface area contributed by atoms with Gasteiger partial charge in [-0.15, -0.1) is 0 Å². The summed E-state index contributed by atoms with van der Waals surface area (Å²) in [6.07, 6.45) is 0.0772. The number of rotatable bonds is 8. The topological polar surface area (TPSA) is 27.7 Å². The summed E-state index contributed by atoms with van der Waals surface area (Å²) < 4.78 is 18.1. The van der Waals surface area contributed by atoms with Crippen molar-refractivity contribution >= 4 is 28.0 Å². The van der Waals surface area contributed by atoms with E-state index in [-0.39, 0.29) is 12.2 Å². The predicted molar refractivity (Wildman–Crippen MR) is 99.2 cm³/mol. The van der Waals surface area contributed by atoms with Gasteiger partial charge >= 0.3 is 8.80 Å². The summed E-state index contributed by atoms with van der Waals surface area (Å²) >= 11 is 0. The molecule has 0 N–H and O–H groups in total. The molecule has 0 amide bonds. The van der Waals surface area contributed by atoms with Crippen molar-refractivity contribution in [2.75, 3.05) is 7.11 Å². The van der Waals surface area contributed by atoms with Crippen LogP contribution in [-0.2, 0) is 13.3 Å². The third kappa shape index (κ3) is 4.89. The van der Waals surface area contributed by atoms with Crippen LogP contribution in [0.2, 0.25) is 13.1 Å². The lowest BCUT2D eigenvalue weighted by Crippen LogP contribution is -2.58. The van der Waals surface area contributed by atoms with Gasteiger partial charge in [-0.25, -0.2) is 0 Å². The lowest BCUT2D eigenvalue weighted by molar-refractivity contribution is 0.0456.